The third-order valence-corrected chi connectivity index (χ3v) is 8.68. The van der Waals surface area contributed by atoms with E-state index in [9.17, 15) is 22.4 Å². The standard InChI is InChI=1S/C19H17FN2O4S3/c20-14-7-5-13(6-8-14)11-21-18(23)19(24)22-12-16(15-3-1-9-27-15)29(25,26)17-4-2-10-28-17/h1-10,16H,11-12H2,(H,21,23)(H,22,24)/t16-/m1/s1. The lowest BCUT2D eigenvalue weighted by atomic mass is 10.2. The van der Waals surface area contributed by atoms with Crippen molar-refractivity contribution in [1.29, 1.82) is 0 Å². The molecule has 2 N–H and O–H groups in total. The molecule has 29 heavy (non-hydrogen) atoms. The molecule has 2 amide bonds. The predicted octanol–water partition coefficient (Wildman–Crippen LogP) is 2.90. The van der Waals surface area contributed by atoms with E-state index in [1.165, 1.54) is 41.7 Å². The van der Waals surface area contributed by atoms with Crippen molar-refractivity contribution in [3.63, 3.8) is 0 Å². The number of carbonyl (C=O) groups excluding carboxylic acids is 2. The van der Waals surface area contributed by atoms with E-state index >= 15 is 0 Å². The molecule has 152 valence electrons. The Morgan fingerprint density at radius 1 is 0.931 bits per heavy atom. The van der Waals surface area contributed by atoms with Crippen LogP contribution in [0.2, 0.25) is 0 Å². The fraction of sp³-hybridized carbons (Fsp3) is 0.158. The molecule has 6 nitrogen and oxygen atoms in total. The van der Waals surface area contributed by atoms with Crippen molar-refractivity contribution in [3.8, 4) is 0 Å². The second kappa shape index (κ2) is 9.29. The van der Waals surface area contributed by atoms with E-state index in [1.807, 2.05) is 0 Å². The summed E-state index contributed by atoms with van der Waals surface area (Å²) in [7, 11) is -3.71. The third kappa shape index (κ3) is 5.28. The number of nitrogens with one attached hydrogen (secondary N) is 2. The van der Waals surface area contributed by atoms with Gasteiger partial charge in [0.15, 0.2) is 9.84 Å². The Balaban J connectivity index is 1.64. The molecule has 3 rings (SSSR count). The van der Waals surface area contributed by atoms with Crippen molar-refractivity contribution in [2.75, 3.05) is 6.54 Å². The average molecular weight is 453 g/mol. The van der Waals surface area contributed by atoms with Gasteiger partial charge in [-0.3, -0.25) is 9.59 Å². The Labute approximate surface area is 175 Å². The van der Waals surface area contributed by atoms with Crippen molar-refractivity contribution < 1.29 is 22.4 Å². The van der Waals surface area contributed by atoms with Crippen LogP contribution in [0.25, 0.3) is 0 Å². The van der Waals surface area contributed by atoms with E-state index in [0.717, 1.165) is 11.3 Å². The first-order valence-electron chi connectivity index (χ1n) is 8.49. The molecule has 0 aliphatic carbocycles. The SMILES string of the molecule is O=C(NCc1ccc(F)cc1)C(=O)NC[C@H](c1cccs1)S(=O)(=O)c1cccs1. The highest BCUT2D eigenvalue weighted by atomic mass is 32.2. The molecule has 0 spiro atoms. The molecule has 10 heteroatoms. The molecule has 0 saturated carbocycles. The number of rotatable bonds is 7. The topological polar surface area (TPSA) is 92.3 Å². The van der Waals surface area contributed by atoms with Gasteiger partial charge in [-0.15, -0.1) is 22.7 Å². The molecular weight excluding hydrogens is 435 g/mol. The van der Waals surface area contributed by atoms with Crippen molar-refractivity contribution in [2.45, 2.75) is 16.0 Å². The highest BCUT2D eigenvalue weighted by Crippen LogP contribution is 2.33. The molecule has 1 atom stereocenters. The molecule has 1 aromatic carbocycles. The summed E-state index contributed by atoms with van der Waals surface area (Å²) in [6, 6.07) is 12.1. The van der Waals surface area contributed by atoms with E-state index in [-0.39, 0.29) is 17.3 Å². The highest BCUT2D eigenvalue weighted by Gasteiger charge is 2.31. The van der Waals surface area contributed by atoms with Crippen LogP contribution < -0.4 is 10.6 Å². The number of halogens is 1. The van der Waals surface area contributed by atoms with E-state index in [1.54, 1.807) is 29.0 Å². The Morgan fingerprint density at radius 2 is 1.59 bits per heavy atom. The molecule has 0 aliphatic heterocycles. The summed E-state index contributed by atoms with van der Waals surface area (Å²) in [4.78, 5) is 24.7. The zero-order valence-electron chi connectivity index (χ0n) is 15.0. The van der Waals surface area contributed by atoms with Crippen molar-refractivity contribution in [2.24, 2.45) is 0 Å². The number of thiophene rings is 2. The first-order chi connectivity index (χ1) is 13.9. The minimum absolute atomic E-state index is 0.0500. The summed E-state index contributed by atoms with van der Waals surface area (Å²) < 4.78 is 39.0. The van der Waals surface area contributed by atoms with E-state index in [4.69, 9.17) is 0 Å². The van der Waals surface area contributed by atoms with Crippen LogP contribution in [0.4, 0.5) is 4.39 Å². The third-order valence-electron chi connectivity index (χ3n) is 4.03. The Kier molecular flexibility index (Phi) is 6.78. The molecule has 3 aromatic rings. The number of carbonyl (C=O) groups is 2. The van der Waals surface area contributed by atoms with Gasteiger partial charge in [0.2, 0.25) is 0 Å². The first-order valence-corrected chi connectivity index (χ1v) is 11.8. The lowest BCUT2D eigenvalue weighted by molar-refractivity contribution is -0.139. The van der Waals surface area contributed by atoms with Crippen LogP contribution in [0.15, 0.2) is 63.5 Å². The number of sulfone groups is 1. The number of amides is 2. The lowest BCUT2D eigenvalue weighted by Gasteiger charge is -2.16. The predicted molar refractivity (Wildman–Crippen MR) is 110 cm³/mol. The van der Waals surface area contributed by atoms with Crippen molar-refractivity contribution in [3.05, 3.63) is 75.5 Å². The molecule has 2 heterocycles. The zero-order chi connectivity index (χ0) is 20.9. The average Bonchev–Trinajstić information content (AvgIpc) is 3.41. The Morgan fingerprint density at radius 3 is 2.21 bits per heavy atom. The fourth-order valence-corrected chi connectivity index (χ4v) is 6.52. The van der Waals surface area contributed by atoms with Gasteiger partial charge in [0.25, 0.3) is 0 Å². The summed E-state index contributed by atoms with van der Waals surface area (Å²) in [5.74, 6) is -2.23. The summed E-state index contributed by atoms with van der Waals surface area (Å²) in [6.07, 6.45) is 0. The highest BCUT2D eigenvalue weighted by molar-refractivity contribution is 7.93. The second-order valence-corrected chi connectivity index (χ2v) is 10.3. The summed E-state index contributed by atoms with van der Waals surface area (Å²) in [5, 5.41) is 7.26. The van der Waals surface area contributed by atoms with Gasteiger partial charge in [-0.05, 0) is 40.6 Å². The first kappa shape index (κ1) is 21.2. The zero-order valence-corrected chi connectivity index (χ0v) is 17.5. The molecule has 2 aromatic heterocycles. The van der Waals surface area contributed by atoms with Gasteiger partial charge in [0.05, 0.1) is 0 Å². The number of hydrogen-bond donors (Lipinski definition) is 2. The second-order valence-electron chi connectivity index (χ2n) is 6.00. The summed E-state index contributed by atoms with van der Waals surface area (Å²) in [5.41, 5.74) is 0.629. The van der Waals surface area contributed by atoms with Gasteiger partial charge < -0.3 is 10.6 Å². The van der Waals surface area contributed by atoms with Crippen molar-refractivity contribution in [1.82, 2.24) is 10.6 Å². The van der Waals surface area contributed by atoms with E-state index < -0.39 is 32.7 Å². The van der Waals surface area contributed by atoms with Crippen LogP contribution in [-0.4, -0.2) is 26.8 Å². The number of hydrogen-bond acceptors (Lipinski definition) is 6. The van der Waals surface area contributed by atoms with Gasteiger partial charge in [0.1, 0.15) is 15.3 Å². The molecule has 0 radical (unpaired) electrons. The van der Waals surface area contributed by atoms with Gasteiger partial charge in [-0.1, -0.05) is 24.3 Å². The molecular formula is C19H17FN2O4S3. The van der Waals surface area contributed by atoms with Gasteiger partial charge in [-0.2, -0.15) is 0 Å². The largest absolute Gasteiger partial charge is 0.346 e. The normalized spacial score (nSPS) is 12.3. The molecule has 0 aliphatic rings. The van der Waals surface area contributed by atoms with Gasteiger partial charge in [-0.25, -0.2) is 12.8 Å². The maximum atomic E-state index is 12.9. The molecule has 0 unspecified atom stereocenters. The maximum Gasteiger partial charge on any atom is 0.309 e. The quantitative estimate of drug-likeness (QED) is 0.539. The van der Waals surface area contributed by atoms with Crippen LogP contribution in [0.1, 0.15) is 15.7 Å². The van der Waals surface area contributed by atoms with Crippen LogP contribution >= 0.6 is 22.7 Å². The minimum Gasteiger partial charge on any atom is -0.346 e. The maximum absolute atomic E-state index is 12.9. The van der Waals surface area contributed by atoms with Gasteiger partial charge in [0, 0.05) is 18.0 Å². The smallest absolute Gasteiger partial charge is 0.309 e. The number of benzene rings is 1. The molecule has 0 saturated heterocycles. The molecule has 0 fully saturated rings. The van der Waals surface area contributed by atoms with E-state index in [0.29, 0.717) is 10.4 Å². The van der Waals surface area contributed by atoms with Crippen molar-refractivity contribution >= 4 is 44.3 Å². The summed E-state index contributed by atoms with van der Waals surface area (Å²) >= 11 is 2.37. The van der Waals surface area contributed by atoms with Crippen LogP contribution in [0, 0.1) is 5.82 Å². The van der Waals surface area contributed by atoms with Crippen LogP contribution in [0.3, 0.4) is 0 Å². The monoisotopic (exact) mass is 452 g/mol. The Hall–Kier alpha value is -2.56. The minimum atomic E-state index is -3.71. The van der Waals surface area contributed by atoms with Crippen LogP contribution in [0.5, 0.6) is 0 Å². The van der Waals surface area contributed by atoms with E-state index in [2.05, 4.69) is 10.6 Å². The lowest BCUT2D eigenvalue weighted by Crippen LogP contribution is -2.41. The van der Waals surface area contributed by atoms with Gasteiger partial charge >= 0.3 is 11.8 Å². The Bertz CT molecular complexity index is 1060. The van der Waals surface area contributed by atoms with Crippen LogP contribution in [-0.2, 0) is 26.0 Å². The molecule has 0 bridgehead atoms. The summed E-state index contributed by atoms with van der Waals surface area (Å²) in [6.45, 7) is -0.183. The fourth-order valence-electron chi connectivity index (χ4n) is 2.53.